The fourth-order valence-corrected chi connectivity index (χ4v) is 4.69. The first kappa shape index (κ1) is 22.6. The number of anilines is 1. The Morgan fingerprint density at radius 3 is 2.45 bits per heavy atom. The summed E-state index contributed by atoms with van der Waals surface area (Å²) in [6, 6.07) is 19.2. The second kappa shape index (κ2) is 9.93. The Kier molecular flexibility index (Phi) is 6.81. The Bertz CT molecular complexity index is 1270. The van der Waals surface area contributed by atoms with Crippen LogP contribution in [0.2, 0.25) is 0 Å². The maximum atomic E-state index is 13.5. The molecule has 169 valence electrons. The Hall–Kier alpha value is -3.56. The van der Waals surface area contributed by atoms with Crippen molar-refractivity contribution in [3.05, 3.63) is 103 Å². The summed E-state index contributed by atoms with van der Waals surface area (Å²) >= 11 is 0. The van der Waals surface area contributed by atoms with Crippen molar-refractivity contribution in [1.29, 1.82) is 0 Å². The van der Waals surface area contributed by atoms with Crippen molar-refractivity contribution in [2.45, 2.75) is 31.8 Å². The quantitative estimate of drug-likeness (QED) is 0.404. The summed E-state index contributed by atoms with van der Waals surface area (Å²) in [6.07, 6.45) is 6.49. The number of aromatic nitrogens is 4. The van der Waals surface area contributed by atoms with Gasteiger partial charge >= 0.3 is 0 Å². The molecule has 33 heavy (non-hydrogen) atoms. The van der Waals surface area contributed by atoms with Crippen LogP contribution in [0.4, 0.5) is 5.82 Å². The molecule has 0 unspecified atom stereocenters. The molecule has 8 nitrogen and oxygen atoms in total. The molecular formula is C24H25N6O2S. The largest absolute Gasteiger partial charge is 0.363 e. The van der Waals surface area contributed by atoms with Crippen molar-refractivity contribution in [3.63, 3.8) is 0 Å². The molecule has 9 heteroatoms. The molecule has 0 spiro atoms. The first-order chi connectivity index (χ1) is 15.9. The third kappa shape index (κ3) is 5.63. The molecular weight excluding hydrogens is 436 g/mol. The monoisotopic (exact) mass is 461 g/mol. The van der Waals surface area contributed by atoms with Gasteiger partial charge in [0.2, 0.25) is 10.0 Å². The van der Waals surface area contributed by atoms with E-state index >= 15 is 0 Å². The van der Waals surface area contributed by atoms with Crippen molar-refractivity contribution in [1.82, 2.24) is 24.1 Å². The molecule has 3 aromatic heterocycles. The summed E-state index contributed by atoms with van der Waals surface area (Å²) < 4.78 is 30.1. The lowest BCUT2D eigenvalue weighted by molar-refractivity contribution is 0.397. The van der Waals surface area contributed by atoms with Gasteiger partial charge in [-0.1, -0.05) is 18.2 Å². The van der Waals surface area contributed by atoms with E-state index in [2.05, 4.69) is 20.4 Å². The van der Waals surface area contributed by atoms with Gasteiger partial charge in [-0.15, -0.1) is 0 Å². The molecule has 0 bridgehead atoms. The van der Waals surface area contributed by atoms with E-state index in [1.165, 1.54) is 10.5 Å². The van der Waals surface area contributed by atoms with E-state index in [-0.39, 0.29) is 18.0 Å². The molecule has 0 atom stereocenters. The number of nitrogens with zero attached hydrogens (tertiary/aromatic N) is 5. The smallest absolute Gasteiger partial charge is 0.245 e. The van der Waals surface area contributed by atoms with E-state index in [0.717, 1.165) is 17.3 Å². The Labute approximate surface area is 194 Å². The van der Waals surface area contributed by atoms with Crippen molar-refractivity contribution in [3.8, 4) is 5.69 Å². The fourth-order valence-electron chi connectivity index (χ4n) is 3.33. The van der Waals surface area contributed by atoms with E-state index in [1.54, 1.807) is 29.2 Å². The molecule has 0 amide bonds. The maximum absolute atomic E-state index is 13.5. The lowest BCUT2D eigenvalue weighted by Crippen LogP contribution is -2.30. The van der Waals surface area contributed by atoms with Gasteiger partial charge in [0.15, 0.2) is 0 Å². The van der Waals surface area contributed by atoms with Crippen LogP contribution in [0, 0.1) is 6.04 Å². The van der Waals surface area contributed by atoms with Gasteiger partial charge in [0.05, 0.1) is 24.0 Å². The van der Waals surface area contributed by atoms with Gasteiger partial charge in [-0.25, -0.2) is 18.1 Å². The van der Waals surface area contributed by atoms with Gasteiger partial charge in [0.1, 0.15) is 10.7 Å². The first-order valence-electron chi connectivity index (χ1n) is 10.4. The molecule has 4 aromatic rings. The minimum Gasteiger partial charge on any atom is -0.363 e. The van der Waals surface area contributed by atoms with E-state index < -0.39 is 10.0 Å². The highest BCUT2D eigenvalue weighted by Crippen LogP contribution is 2.21. The second-order valence-electron chi connectivity index (χ2n) is 7.72. The molecule has 0 aliphatic carbocycles. The highest BCUT2D eigenvalue weighted by atomic mass is 32.2. The number of sulfonamides is 1. The number of nitrogens with one attached hydrogen (secondary N) is 1. The van der Waals surface area contributed by atoms with Crippen molar-refractivity contribution in [2.24, 2.45) is 0 Å². The molecule has 0 saturated heterocycles. The molecule has 1 radical (unpaired) electrons. The zero-order chi connectivity index (χ0) is 23.3. The van der Waals surface area contributed by atoms with Crippen molar-refractivity contribution >= 4 is 15.8 Å². The molecule has 3 heterocycles. The third-order valence-corrected chi connectivity index (χ3v) is 6.63. The van der Waals surface area contributed by atoms with E-state index in [0.29, 0.717) is 11.5 Å². The standard InChI is InChI=1S/C24H25N6O2S/c1-19(2)27-24-8-3-6-21(28-24)18-29(33(31,32)23-7-4-13-25-16-23)17-20-9-11-22(12-10-20)30-15-5-14-26-30/h3-16H,17-18H2,1-2H3,(H,27,28). The molecule has 1 aromatic carbocycles. The summed E-state index contributed by atoms with van der Waals surface area (Å²) in [7, 11) is -3.80. The van der Waals surface area contributed by atoms with Crippen LogP contribution < -0.4 is 5.32 Å². The minimum atomic E-state index is -3.80. The highest BCUT2D eigenvalue weighted by molar-refractivity contribution is 7.89. The zero-order valence-electron chi connectivity index (χ0n) is 18.5. The number of benzene rings is 1. The van der Waals surface area contributed by atoms with Crippen LogP contribution in [-0.4, -0.2) is 32.5 Å². The van der Waals surface area contributed by atoms with E-state index in [1.807, 2.05) is 68.6 Å². The molecule has 1 N–H and O–H groups in total. The van der Waals surface area contributed by atoms with Crippen molar-refractivity contribution in [2.75, 3.05) is 5.32 Å². The van der Waals surface area contributed by atoms with Crippen LogP contribution >= 0.6 is 0 Å². The summed E-state index contributed by atoms with van der Waals surface area (Å²) in [5.41, 5.74) is 2.39. The van der Waals surface area contributed by atoms with Crippen LogP contribution in [0.15, 0.2) is 90.3 Å². The van der Waals surface area contributed by atoms with E-state index in [4.69, 9.17) is 0 Å². The second-order valence-corrected chi connectivity index (χ2v) is 9.66. The van der Waals surface area contributed by atoms with Crippen LogP contribution in [0.1, 0.15) is 25.1 Å². The lowest BCUT2D eigenvalue weighted by Gasteiger charge is -2.22. The summed E-state index contributed by atoms with van der Waals surface area (Å²) in [4.78, 5) is 8.72. The lowest BCUT2D eigenvalue weighted by atomic mass is 10.2. The summed E-state index contributed by atoms with van der Waals surface area (Å²) in [5.74, 6) is 0.676. The third-order valence-electron chi connectivity index (χ3n) is 4.86. The zero-order valence-corrected chi connectivity index (χ0v) is 19.3. The minimum absolute atomic E-state index is 0.121. The Balaban J connectivity index is 1.63. The molecule has 0 aliphatic heterocycles. The van der Waals surface area contributed by atoms with Gasteiger partial charge in [0, 0.05) is 31.3 Å². The number of hydrogen-bond donors (Lipinski definition) is 1. The van der Waals surface area contributed by atoms with Gasteiger partial charge in [-0.05, 0) is 61.9 Å². The fraction of sp³-hybridized carbons (Fsp3) is 0.167. The Morgan fingerprint density at radius 1 is 0.970 bits per heavy atom. The maximum Gasteiger partial charge on any atom is 0.245 e. The predicted molar refractivity (Wildman–Crippen MR) is 127 cm³/mol. The van der Waals surface area contributed by atoms with Crippen LogP contribution in [-0.2, 0) is 23.1 Å². The van der Waals surface area contributed by atoms with Crippen molar-refractivity contribution < 1.29 is 8.42 Å². The van der Waals surface area contributed by atoms with Gasteiger partial charge in [0.25, 0.3) is 0 Å². The molecule has 0 aliphatic rings. The Morgan fingerprint density at radius 2 is 1.79 bits per heavy atom. The highest BCUT2D eigenvalue weighted by Gasteiger charge is 2.26. The molecule has 0 fully saturated rings. The average molecular weight is 462 g/mol. The van der Waals surface area contributed by atoms with Crippen LogP contribution in [0.3, 0.4) is 0 Å². The predicted octanol–water partition coefficient (Wildman–Crippen LogP) is 4.04. The number of rotatable bonds is 9. The SMILES string of the molecule is C[C](C)Nc1cccc(CN(Cc2ccc(-n3cccn3)cc2)S(=O)(=O)c2cccnc2)n1. The molecule has 4 rings (SSSR count). The summed E-state index contributed by atoms with van der Waals surface area (Å²) in [6.45, 7) is 4.20. The first-order valence-corrected chi connectivity index (χ1v) is 11.9. The van der Waals surface area contributed by atoms with E-state index in [9.17, 15) is 8.42 Å². The van der Waals surface area contributed by atoms with Gasteiger partial charge in [-0.2, -0.15) is 9.40 Å². The number of hydrogen-bond acceptors (Lipinski definition) is 6. The average Bonchev–Trinajstić information content (AvgIpc) is 3.35. The summed E-state index contributed by atoms with van der Waals surface area (Å²) in [5, 5.41) is 7.41. The topological polar surface area (TPSA) is 93.0 Å². The molecule has 0 saturated carbocycles. The van der Waals surface area contributed by atoms with Gasteiger partial charge in [-0.3, -0.25) is 4.98 Å². The normalized spacial score (nSPS) is 11.8. The van der Waals surface area contributed by atoms with Crippen LogP contribution in [0.25, 0.3) is 5.69 Å². The van der Waals surface area contributed by atoms with Crippen LogP contribution in [0.5, 0.6) is 0 Å². The van der Waals surface area contributed by atoms with Gasteiger partial charge < -0.3 is 5.32 Å². The number of pyridine rings is 2.